The molecular formula is C22H20N4O2S. The van der Waals surface area contributed by atoms with Gasteiger partial charge in [-0.25, -0.2) is 9.97 Å². The van der Waals surface area contributed by atoms with Crippen LogP contribution in [0.4, 0.5) is 5.13 Å². The predicted molar refractivity (Wildman–Crippen MR) is 116 cm³/mol. The van der Waals surface area contributed by atoms with E-state index in [9.17, 15) is 9.59 Å². The van der Waals surface area contributed by atoms with E-state index in [1.165, 1.54) is 27.8 Å². The van der Waals surface area contributed by atoms with E-state index in [-0.39, 0.29) is 24.4 Å². The van der Waals surface area contributed by atoms with E-state index in [4.69, 9.17) is 0 Å². The van der Waals surface area contributed by atoms with Crippen LogP contribution in [0.1, 0.15) is 18.9 Å². The highest BCUT2D eigenvalue weighted by Crippen LogP contribution is 2.25. The number of anilines is 1. The number of hydrogen-bond acceptors (Lipinski definition) is 5. The Morgan fingerprint density at radius 3 is 2.72 bits per heavy atom. The quantitative estimate of drug-likeness (QED) is 0.525. The number of aromatic nitrogens is 3. The minimum absolute atomic E-state index is 0.143. The van der Waals surface area contributed by atoms with E-state index in [1.54, 1.807) is 18.2 Å². The van der Waals surface area contributed by atoms with E-state index >= 15 is 0 Å². The Bertz CT molecular complexity index is 1210. The lowest BCUT2D eigenvalue weighted by Gasteiger charge is -2.06. The number of nitrogens with one attached hydrogen (secondary N) is 1. The van der Waals surface area contributed by atoms with Crippen LogP contribution in [-0.4, -0.2) is 20.4 Å². The van der Waals surface area contributed by atoms with Crippen molar-refractivity contribution >= 4 is 33.3 Å². The molecule has 1 N–H and O–H groups in total. The minimum Gasteiger partial charge on any atom is -0.302 e. The molecule has 0 atom stereocenters. The molecule has 0 saturated heterocycles. The van der Waals surface area contributed by atoms with Gasteiger partial charge in [0.2, 0.25) is 5.91 Å². The van der Waals surface area contributed by atoms with Gasteiger partial charge < -0.3 is 5.32 Å². The molecule has 6 nitrogen and oxygen atoms in total. The van der Waals surface area contributed by atoms with E-state index in [0.717, 1.165) is 17.7 Å². The van der Waals surface area contributed by atoms with Gasteiger partial charge >= 0.3 is 0 Å². The van der Waals surface area contributed by atoms with Gasteiger partial charge in [-0.2, -0.15) is 0 Å². The van der Waals surface area contributed by atoms with Gasteiger partial charge in [-0.05, 0) is 24.1 Å². The summed E-state index contributed by atoms with van der Waals surface area (Å²) in [5.74, 6) is -0.188. The van der Waals surface area contributed by atoms with Crippen LogP contribution in [0.3, 0.4) is 0 Å². The molecule has 4 aromatic rings. The van der Waals surface area contributed by atoms with Crippen LogP contribution >= 0.6 is 11.3 Å². The fourth-order valence-electron chi connectivity index (χ4n) is 3.04. The van der Waals surface area contributed by atoms with Gasteiger partial charge in [-0.3, -0.25) is 14.2 Å². The zero-order valence-corrected chi connectivity index (χ0v) is 16.8. The summed E-state index contributed by atoms with van der Waals surface area (Å²) in [4.78, 5) is 33.6. The lowest BCUT2D eigenvalue weighted by atomic mass is 10.1. The number of benzene rings is 2. The second-order valence-corrected chi connectivity index (χ2v) is 7.50. The number of para-hydroxylation sites is 1. The van der Waals surface area contributed by atoms with Crippen molar-refractivity contribution in [1.29, 1.82) is 0 Å². The largest absolute Gasteiger partial charge is 0.302 e. The predicted octanol–water partition coefficient (Wildman–Crippen LogP) is 4.11. The number of carbonyl (C=O) groups excluding carboxylic acids is 1. The first-order valence-corrected chi connectivity index (χ1v) is 10.3. The number of hydrogen-bond donors (Lipinski definition) is 1. The Kier molecular flexibility index (Phi) is 5.48. The summed E-state index contributed by atoms with van der Waals surface area (Å²) in [7, 11) is 0. The lowest BCUT2D eigenvalue weighted by Crippen LogP contribution is -2.23. The molecule has 0 saturated carbocycles. The van der Waals surface area contributed by atoms with E-state index in [0.29, 0.717) is 16.0 Å². The molecule has 2 aromatic carbocycles. The van der Waals surface area contributed by atoms with Gasteiger partial charge in [-0.15, -0.1) is 11.3 Å². The van der Waals surface area contributed by atoms with Crippen LogP contribution in [-0.2, 0) is 17.8 Å². The average molecular weight is 404 g/mol. The third kappa shape index (κ3) is 4.25. The first kappa shape index (κ1) is 19.0. The van der Waals surface area contributed by atoms with Crippen molar-refractivity contribution in [2.75, 3.05) is 5.32 Å². The molecule has 4 rings (SSSR count). The number of amides is 1. The maximum absolute atomic E-state index is 12.5. The molecule has 0 aliphatic heterocycles. The third-order valence-corrected chi connectivity index (χ3v) is 5.48. The molecule has 0 spiro atoms. The Morgan fingerprint density at radius 2 is 1.93 bits per heavy atom. The summed E-state index contributed by atoms with van der Waals surface area (Å²) in [6.45, 7) is 2.38. The molecule has 1 amide bonds. The second-order valence-electron chi connectivity index (χ2n) is 6.65. The Labute approximate surface area is 171 Å². The summed E-state index contributed by atoms with van der Waals surface area (Å²) < 4.78 is 1.46. The first-order valence-electron chi connectivity index (χ1n) is 9.43. The zero-order chi connectivity index (χ0) is 20.2. The topological polar surface area (TPSA) is 76.9 Å². The molecule has 0 aliphatic rings. The van der Waals surface area contributed by atoms with Gasteiger partial charge in [0.05, 0.1) is 22.9 Å². The molecule has 0 bridgehead atoms. The van der Waals surface area contributed by atoms with Crippen LogP contribution in [0.25, 0.3) is 22.2 Å². The van der Waals surface area contributed by atoms with E-state index < -0.39 is 0 Å². The maximum Gasteiger partial charge on any atom is 0.261 e. The van der Waals surface area contributed by atoms with Crippen LogP contribution in [0.5, 0.6) is 0 Å². The van der Waals surface area contributed by atoms with Gasteiger partial charge in [0.1, 0.15) is 0 Å². The molecular weight excluding hydrogens is 384 g/mol. The Hall–Kier alpha value is -3.32. The number of rotatable bonds is 6. The van der Waals surface area contributed by atoms with Crippen molar-refractivity contribution in [2.45, 2.75) is 26.3 Å². The summed E-state index contributed by atoms with van der Waals surface area (Å²) in [5.41, 5.74) is 3.64. The zero-order valence-electron chi connectivity index (χ0n) is 16.0. The smallest absolute Gasteiger partial charge is 0.261 e. The van der Waals surface area contributed by atoms with Gasteiger partial charge in [0.15, 0.2) is 5.13 Å². The highest BCUT2D eigenvalue weighted by atomic mass is 32.1. The lowest BCUT2D eigenvalue weighted by molar-refractivity contribution is -0.116. The summed E-state index contributed by atoms with van der Waals surface area (Å²) >= 11 is 1.39. The third-order valence-electron chi connectivity index (χ3n) is 4.72. The van der Waals surface area contributed by atoms with Crippen molar-refractivity contribution in [2.24, 2.45) is 0 Å². The van der Waals surface area contributed by atoms with Crippen LogP contribution in [0.15, 0.2) is 65.0 Å². The monoisotopic (exact) mass is 404 g/mol. The second kappa shape index (κ2) is 8.36. The molecule has 0 unspecified atom stereocenters. The standard InChI is InChI=1S/C22H20N4O2S/c1-2-15-7-9-16(10-8-15)19-13-29-22(24-19)25-20(27)11-12-26-14-23-18-6-4-3-5-17(18)21(26)28/h3-10,13-14H,2,11-12H2,1H3,(H,24,25,27). The number of fused-ring (bicyclic) bond motifs is 1. The van der Waals surface area contributed by atoms with Gasteiger partial charge in [0, 0.05) is 23.9 Å². The summed E-state index contributed by atoms with van der Waals surface area (Å²) in [6.07, 6.45) is 2.65. The Morgan fingerprint density at radius 1 is 1.14 bits per heavy atom. The molecule has 0 fully saturated rings. The van der Waals surface area contributed by atoms with Crippen molar-refractivity contribution < 1.29 is 4.79 Å². The maximum atomic E-state index is 12.5. The normalized spacial score (nSPS) is 10.9. The van der Waals surface area contributed by atoms with Crippen molar-refractivity contribution in [3.8, 4) is 11.3 Å². The van der Waals surface area contributed by atoms with Crippen LogP contribution in [0, 0.1) is 0 Å². The van der Waals surface area contributed by atoms with E-state index in [2.05, 4.69) is 34.3 Å². The van der Waals surface area contributed by atoms with Crippen LogP contribution in [0.2, 0.25) is 0 Å². The Balaban J connectivity index is 1.40. The number of thiazole rings is 1. The van der Waals surface area contributed by atoms with Gasteiger partial charge in [0.25, 0.3) is 5.56 Å². The molecule has 7 heteroatoms. The molecule has 2 heterocycles. The number of aryl methyl sites for hydroxylation is 2. The number of nitrogens with zero attached hydrogens (tertiary/aromatic N) is 3. The summed E-state index contributed by atoms with van der Waals surface area (Å²) in [6, 6.07) is 15.4. The van der Waals surface area contributed by atoms with Crippen molar-refractivity contribution in [1.82, 2.24) is 14.5 Å². The first-order chi connectivity index (χ1) is 14.1. The number of carbonyl (C=O) groups is 1. The molecule has 29 heavy (non-hydrogen) atoms. The molecule has 0 radical (unpaired) electrons. The fourth-order valence-corrected chi connectivity index (χ4v) is 3.78. The van der Waals surface area contributed by atoms with Crippen LogP contribution < -0.4 is 10.9 Å². The average Bonchev–Trinajstić information content (AvgIpc) is 3.22. The fraction of sp³-hybridized carbons (Fsp3) is 0.182. The molecule has 2 aromatic heterocycles. The summed E-state index contributed by atoms with van der Waals surface area (Å²) in [5, 5.41) is 5.84. The minimum atomic E-state index is -0.188. The highest BCUT2D eigenvalue weighted by Gasteiger charge is 2.10. The molecule has 0 aliphatic carbocycles. The van der Waals surface area contributed by atoms with Crippen molar-refractivity contribution in [3.05, 3.63) is 76.2 Å². The molecule has 146 valence electrons. The van der Waals surface area contributed by atoms with E-state index in [1.807, 2.05) is 23.6 Å². The van der Waals surface area contributed by atoms with Gasteiger partial charge in [-0.1, -0.05) is 43.3 Å². The van der Waals surface area contributed by atoms with Crippen molar-refractivity contribution in [3.63, 3.8) is 0 Å². The highest BCUT2D eigenvalue weighted by molar-refractivity contribution is 7.14. The SMILES string of the molecule is CCc1ccc(-c2csc(NC(=O)CCn3cnc4ccccc4c3=O)n2)cc1.